The molecule has 0 heterocycles. The molecule has 12 nitrogen and oxygen atoms in total. The van der Waals surface area contributed by atoms with E-state index in [1.165, 1.54) is 17.0 Å². The largest absolute Gasteiger partial charge is 0.494 e. The Morgan fingerprint density at radius 2 is 1.51 bits per heavy atom. The topological polar surface area (TPSA) is 169 Å². The molecular weight excluding hydrogens is 462 g/mol. The highest BCUT2D eigenvalue weighted by Crippen LogP contribution is 2.22. The third kappa shape index (κ3) is 11.3. The Morgan fingerprint density at radius 3 is 1.94 bits per heavy atom. The van der Waals surface area contributed by atoms with Crippen molar-refractivity contribution in [1.29, 1.82) is 0 Å². The number of nitro groups is 1. The number of amides is 1. The summed E-state index contributed by atoms with van der Waals surface area (Å²) in [5, 5.41) is 29.5. The summed E-state index contributed by atoms with van der Waals surface area (Å²) in [5.74, 6) is -1.45. The van der Waals surface area contributed by atoms with Crippen LogP contribution < -0.4 is 14.8 Å². The second-order valence-electron chi connectivity index (χ2n) is 7.07. The highest BCUT2D eigenvalue weighted by Gasteiger charge is 2.12. The Kier molecular flexibility index (Phi) is 12.0. The Balaban J connectivity index is 0.000000658. The van der Waals surface area contributed by atoms with Gasteiger partial charge in [-0.3, -0.25) is 10.1 Å². The Bertz CT molecular complexity index is 1000. The van der Waals surface area contributed by atoms with Gasteiger partial charge in [0.2, 0.25) is 0 Å². The standard InChI is InChI=1S/C19H23N3O5.C4H4O4/c1-20-18(12-13-26-16-10-6-15(7-11-16)22(24)25)14-4-8-17(9-5-14)27-19(23)21(2)3;5-3(6)1-2-4(7)8/h4-11,18,20H,12-13H2,1-3H3;1-2H,(H,5,6)(H,7,8). The number of aliphatic carboxylic acids is 2. The fourth-order valence-corrected chi connectivity index (χ4v) is 2.54. The van der Waals surface area contributed by atoms with Gasteiger partial charge >= 0.3 is 18.0 Å². The molecule has 2 aromatic carbocycles. The van der Waals surface area contributed by atoms with Crippen molar-refractivity contribution in [2.45, 2.75) is 12.5 Å². The van der Waals surface area contributed by atoms with Crippen LogP contribution in [0.15, 0.2) is 60.7 Å². The van der Waals surface area contributed by atoms with Crippen molar-refractivity contribution in [3.63, 3.8) is 0 Å². The first-order chi connectivity index (χ1) is 16.5. The van der Waals surface area contributed by atoms with Crippen LogP contribution in [0.2, 0.25) is 0 Å². The van der Waals surface area contributed by atoms with Crippen LogP contribution in [-0.2, 0) is 9.59 Å². The number of carboxylic acids is 2. The predicted octanol–water partition coefficient (Wildman–Crippen LogP) is 3.10. The number of rotatable bonds is 10. The molecule has 1 amide bonds. The van der Waals surface area contributed by atoms with Crippen LogP contribution in [-0.4, -0.2) is 65.8 Å². The molecule has 188 valence electrons. The summed E-state index contributed by atoms with van der Waals surface area (Å²) in [6.07, 6.45) is 1.39. The summed E-state index contributed by atoms with van der Waals surface area (Å²) in [6, 6.07) is 13.3. The number of carboxylic acid groups (broad SMARTS) is 2. The SMILES string of the molecule is CNC(CCOc1ccc([N+](=O)[O-])cc1)c1ccc(OC(=O)N(C)C)cc1.O=C(O)C=CC(=O)O. The van der Waals surface area contributed by atoms with Crippen molar-refractivity contribution in [2.75, 3.05) is 27.7 Å². The smallest absolute Gasteiger partial charge is 0.414 e. The summed E-state index contributed by atoms with van der Waals surface area (Å²) >= 11 is 0. The fourth-order valence-electron chi connectivity index (χ4n) is 2.54. The number of carbonyl (C=O) groups is 3. The van der Waals surface area contributed by atoms with Gasteiger partial charge in [-0.1, -0.05) is 12.1 Å². The van der Waals surface area contributed by atoms with Crippen LogP contribution in [0.25, 0.3) is 0 Å². The molecule has 0 radical (unpaired) electrons. The third-order valence-corrected chi connectivity index (χ3v) is 4.29. The number of hydrogen-bond donors (Lipinski definition) is 3. The van der Waals surface area contributed by atoms with Gasteiger partial charge in [0.05, 0.1) is 11.5 Å². The second-order valence-corrected chi connectivity index (χ2v) is 7.07. The normalized spacial score (nSPS) is 11.1. The van der Waals surface area contributed by atoms with Crippen molar-refractivity contribution in [3.05, 3.63) is 76.4 Å². The molecule has 35 heavy (non-hydrogen) atoms. The lowest BCUT2D eigenvalue weighted by Gasteiger charge is -2.18. The molecule has 2 aromatic rings. The van der Waals surface area contributed by atoms with Crippen molar-refractivity contribution < 1.29 is 39.0 Å². The summed E-state index contributed by atoms with van der Waals surface area (Å²) in [7, 11) is 5.11. The zero-order valence-electron chi connectivity index (χ0n) is 19.4. The van der Waals surface area contributed by atoms with Gasteiger partial charge in [-0.2, -0.15) is 0 Å². The molecule has 0 saturated carbocycles. The molecule has 0 spiro atoms. The number of nitro benzene ring substituents is 1. The van der Waals surface area contributed by atoms with Gasteiger partial charge in [0.15, 0.2) is 0 Å². The van der Waals surface area contributed by atoms with Crippen LogP contribution in [0.3, 0.4) is 0 Å². The van der Waals surface area contributed by atoms with E-state index in [0.29, 0.717) is 36.7 Å². The number of non-ortho nitro benzene ring substituents is 1. The molecule has 0 bridgehead atoms. The van der Waals surface area contributed by atoms with Crippen molar-refractivity contribution in [1.82, 2.24) is 10.2 Å². The van der Waals surface area contributed by atoms with Crippen molar-refractivity contribution in [3.8, 4) is 11.5 Å². The van der Waals surface area contributed by atoms with Crippen LogP contribution in [0, 0.1) is 10.1 Å². The van der Waals surface area contributed by atoms with E-state index in [1.54, 1.807) is 38.4 Å². The summed E-state index contributed by atoms with van der Waals surface area (Å²) in [4.78, 5) is 42.2. The Hall–Kier alpha value is -4.45. The van der Waals surface area contributed by atoms with Gasteiger partial charge in [0.25, 0.3) is 5.69 Å². The number of carbonyl (C=O) groups excluding carboxylic acids is 1. The van der Waals surface area contributed by atoms with E-state index in [-0.39, 0.29) is 11.7 Å². The van der Waals surface area contributed by atoms with Crippen LogP contribution >= 0.6 is 0 Å². The predicted molar refractivity (Wildman–Crippen MR) is 126 cm³/mol. The van der Waals surface area contributed by atoms with Gasteiger partial charge in [-0.05, 0) is 36.9 Å². The maximum absolute atomic E-state index is 11.6. The molecule has 3 N–H and O–H groups in total. The molecule has 0 aliphatic rings. The third-order valence-electron chi connectivity index (χ3n) is 4.29. The quantitative estimate of drug-likeness (QED) is 0.256. The molecular formula is C23H27N3O9. The van der Waals surface area contributed by atoms with Crippen LogP contribution in [0.1, 0.15) is 18.0 Å². The number of hydrogen-bond acceptors (Lipinski definition) is 8. The first-order valence-corrected chi connectivity index (χ1v) is 10.2. The maximum atomic E-state index is 11.6. The number of nitrogens with one attached hydrogen (secondary N) is 1. The molecule has 12 heteroatoms. The van der Waals surface area contributed by atoms with Gasteiger partial charge < -0.3 is 29.9 Å². The van der Waals surface area contributed by atoms with Crippen molar-refractivity contribution in [2.24, 2.45) is 0 Å². The molecule has 1 unspecified atom stereocenters. The monoisotopic (exact) mass is 489 g/mol. The zero-order valence-corrected chi connectivity index (χ0v) is 19.4. The first kappa shape index (κ1) is 28.6. The highest BCUT2D eigenvalue weighted by atomic mass is 16.6. The van der Waals surface area contributed by atoms with E-state index in [4.69, 9.17) is 19.7 Å². The first-order valence-electron chi connectivity index (χ1n) is 10.2. The van der Waals surface area contributed by atoms with Crippen molar-refractivity contribution >= 4 is 23.7 Å². The summed E-state index contributed by atoms with van der Waals surface area (Å²) < 4.78 is 10.9. The minimum Gasteiger partial charge on any atom is -0.494 e. The maximum Gasteiger partial charge on any atom is 0.414 e. The average molecular weight is 489 g/mol. The highest BCUT2D eigenvalue weighted by molar-refractivity contribution is 5.89. The van der Waals surface area contributed by atoms with Gasteiger partial charge in [0.1, 0.15) is 11.5 Å². The molecule has 0 saturated heterocycles. The number of benzene rings is 2. The van der Waals surface area contributed by atoms with Gasteiger partial charge in [-0.25, -0.2) is 14.4 Å². The van der Waals surface area contributed by atoms with E-state index in [1.807, 2.05) is 19.2 Å². The lowest BCUT2D eigenvalue weighted by molar-refractivity contribution is -0.384. The molecule has 0 aromatic heterocycles. The minimum absolute atomic E-state index is 0.0329. The number of nitrogens with zero attached hydrogens (tertiary/aromatic N) is 2. The summed E-state index contributed by atoms with van der Waals surface area (Å²) in [6.45, 7) is 0.445. The van der Waals surface area contributed by atoms with Gasteiger partial charge in [-0.15, -0.1) is 0 Å². The van der Waals surface area contributed by atoms with E-state index < -0.39 is 23.0 Å². The number of ether oxygens (including phenoxy) is 2. The van der Waals surface area contributed by atoms with Crippen LogP contribution in [0.5, 0.6) is 11.5 Å². The second kappa shape index (κ2) is 14.6. The average Bonchev–Trinajstić information content (AvgIpc) is 2.82. The lowest BCUT2D eigenvalue weighted by atomic mass is 10.0. The fraction of sp³-hybridized carbons (Fsp3) is 0.261. The Labute approximate surface area is 201 Å². The van der Waals surface area contributed by atoms with E-state index in [2.05, 4.69) is 5.32 Å². The minimum atomic E-state index is -1.26. The summed E-state index contributed by atoms with van der Waals surface area (Å²) in [5.41, 5.74) is 1.07. The molecule has 0 aliphatic heterocycles. The zero-order chi connectivity index (χ0) is 26.4. The molecule has 0 aliphatic carbocycles. The molecule has 0 fully saturated rings. The Morgan fingerprint density at radius 1 is 1.00 bits per heavy atom. The van der Waals surface area contributed by atoms with E-state index >= 15 is 0 Å². The van der Waals surface area contributed by atoms with E-state index in [0.717, 1.165) is 5.56 Å². The van der Waals surface area contributed by atoms with Gasteiger partial charge in [0, 0.05) is 50.8 Å². The molecule has 2 rings (SSSR count). The lowest BCUT2D eigenvalue weighted by Crippen LogP contribution is -2.25. The molecule has 1 atom stereocenters. The van der Waals surface area contributed by atoms with Crippen LogP contribution in [0.4, 0.5) is 10.5 Å². The van der Waals surface area contributed by atoms with E-state index in [9.17, 15) is 24.5 Å².